The quantitative estimate of drug-likeness (QED) is 0.830. The van der Waals surface area contributed by atoms with Crippen molar-refractivity contribution in [2.45, 2.75) is 39.3 Å². The molecule has 5 heteroatoms. The zero-order chi connectivity index (χ0) is 20.3. The molecule has 1 N–H and O–H groups in total. The second kappa shape index (κ2) is 8.23. The van der Waals surface area contributed by atoms with Crippen LogP contribution in [0.15, 0.2) is 36.4 Å². The summed E-state index contributed by atoms with van der Waals surface area (Å²) in [6, 6.07) is 12.1. The minimum absolute atomic E-state index is 0.123. The van der Waals surface area contributed by atoms with Gasteiger partial charge in [0.1, 0.15) is 11.5 Å². The first kappa shape index (κ1) is 20.2. The number of ether oxygens (including phenoxy) is 2. The Kier molecular flexibility index (Phi) is 5.94. The van der Waals surface area contributed by atoms with Crippen molar-refractivity contribution in [1.29, 1.82) is 0 Å². The van der Waals surface area contributed by atoms with Gasteiger partial charge >= 0.3 is 0 Å². The minimum atomic E-state index is -0.151. The molecular formula is C23H30N2O3. The number of hydrogen-bond donors (Lipinski definition) is 1. The van der Waals surface area contributed by atoms with E-state index in [1.54, 1.807) is 26.4 Å². The van der Waals surface area contributed by atoms with Crippen LogP contribution in [0.4, 0.5) is 0 Å². The van der Waals surface area contributed by atoms with Gasteiger partial charge in [0.05, 0.1) is 14.2 Å². The molecule has 0 aromatic heterocycles. The molecule has 1 aliphatic rings. The van der Waals surface area contributed by atoms with Gasteiger partial charge < -0.3 is 14.8 Å². The predicted molar refractivity (Wildman–Crippen MR) is 111 cm³/mol. The second-order valence-electron chi connectivity index (χ2n) is 7.94. The van der Waals surface area contributed by atoms with E-state index in [0.717, 1.165) is 25.1 Å². The number of benzene rings is 2. The number of nitrogens with zero attached hydrogens (tertiary/aromatic N) is 1. The van der Waals surface area contributed by atoms with Crippen molar-refractivity contribution < 1.29 is 14.3 Å². The fourth-order valence-corrected chi connectivity index (χ4v) is 3.74. The fourth-order valence-electron chi connectivity index (χ4n) is 3.74. The molecular weight excluding hydrogens is 352 g/mol. The fraction of sp³-hybridized carbons (Fsp3) is 0.435. The lowest BCUT2D eigenvalue weighted by molar-refractivity contribution is 0.0825. The number of rotatable bonds is 6. The van der Waals surface area contributed by atoms with Gasteiger partial charge in [-0.1, -0.05) is 24.3 Å². The zero-order valence-corrected chi connectivity index (χ0v) is 17.5. The van der Waals surface area contributed by atoms with Crippen molar-refractivity contribution in [2.24, 2.45) is 0 Å². The lowest BCUT2D eigenvalue weighted by atomic mass is 9.94. The molecule has 150 valence electrons. The van der Waals surface area contributed by atoms with Crippen LogP contribution in [0.3, 0.4) is 0 Å². The van der Waals surface area contributed by atoms with E-state index in [-0.39, 0.29) is 11.4 Å². The van der Waals surface area contributed by atoms with Crippen LogP contribution in [-0.4, -0.2) is 43.7 Å². The van der Waals surface area contributed by atoms with Crippen molar-refractivity contribution in [2.75, 3.05) is 27.3 Å². The van der Waals surface area contributed by atoms with Crippen molar-refractivity contribution in [3.8, 4) is 11.5 Å². The molecule has 5 nitrogen and oxygen atoms in total. The molecule has 0 bridgehead atoms. The Morgan fingerprint density at radius 1 is 1.11 bits per heavy atom. The van der Waals surface area contributed by atoms with Gasteiger partial charge in [-0.25, -0.2) is 0 Å². The molecule has 0 fully saturated rings. The highest BCUT2D eigenvalue weighted by molar-refractivity contribution is 5.95. The molecule has 1 aliphatic heterocycles. The highest BCUT2D eigenvalue weighted by atomic mass is 16.5. The Morgan fingerprint density at radius 3 is 2.32 bits per heavy atom. The summed E-state index contributed by atoms with van der Waals surface area (Å²) in [5.74, 6) is 1.18. The van der Waals surface area contributed by atoms with Crippen molar-refractivity contribution in [3.05, 3.63) is 58.7 Å². The van der Waals surface area contributed by atoms with Crippen LogP contribution in [0, 0.1) is 6.92 Å². The van der Waals surface area contributed by atoms with Gasteiger partial charge in [0.25, 0.3) is 5.91 Å². The summed E-state index contributed by atoms with van der Waals surface area (Å²) >= 11 is 0. The maximum Gasteiger partial charge on any atom is 0.251 e. The highest BCUT2D eigenvalue weighted by Gasteiger charge is 2.30. The SMILES string of the molecule is COc1cc(C(=O)NCC(C)(C)N2CCc3ccccc3C2)cc(OC)c1C. The van der Waals surface area contributed by atoms with Crippen molar-refractivity contribution in [3.63, 3.8) is 0 Å². The number of carbonyl (C=O) groups is 1. The summed E-state index contributed by atoms with van der Waals surface area (Å²) in [7, 11) is 3.20. The summed E-state index contributed by atoms with van der Waals surface area (Å²) in [4.78, 5) is 15.2. The van der Waals surface area contributed by atoms with E-state index in [1.165, 1.54) is 11.1 Å². The molecule has 28 heavy (non-hydrogen) atoms. The zero-order valence-electron chi connectivity index (χ0n) is 17.5. The standard InChI is InChI=1S/C23H30N2O3/c1-16-20(27-4)12-19(13-21(16)28-5)22(26)24-15-23(2,3)25-11-10-17-8-6-7-9-18(17)14-25/h6-9,12-13H,10-11,14-15H2,1-5H3,(H,24,26). The van der Waals surface area contributed by atoms with Crippen LogP contribution in [0.25, 0.3) is 0 Å². The van der Waals surface area contributed by atoms with Gasteiger partial charge in [0.2, 0.25) is 0 Å². The van der Waals surface area contributed by atoms with E-state index in [9.17, 15) is 4.79 Å². The molecule has 0 saturated carbocycles. The summed E-state index contributed by atoms with van der Waals surface area (Å²) in [6.07, 6.45) is 1.04. The molecule has 2 aromatic carbocycles. The number of fused-ring (bicyclic) bond motifs is 1. The molecule has 0 aliphatic carbocycles. The highest BCUT2D eigenvalue weighted by Crippen LogP contribution is 2.30. The van der Waals surface area contributed by atoms with Crippen LogP contribution in [0.1, 0.15) is 40.9 Å². The van der Waals surface area contributed by atoms with Crippen LogP contribution in [-0.2, 0) is 13.0 Å². The van der Waals surface area contributed by atoms with Crippen LogP contribution >= 0.6 is 0 Å². The molecule has 3 rings (SSSR count). The van der Waals surface area contributed by atoms with E-state index in [4.69, 9.17) is 9.47 Å². The first-order chi connectivity index (χ1) is 13.4. The van der Waals surface area contributed by atoms with Gasteiger partial charge in [0.15, 0.2) is 0 Å². The summed E-state index contributed by atoms with van der Waals surface area (Å²) in [6.45, 7) is 8.73. The topological polar surface area (TPSA) is 50.8 Å². The van der Waals surface area contributed by atoms with Gasteiger partial charge in [-0.3, -0.25) is 9.69 Å². The average molecular weight is 383 g/mol. The first-order valence-electron chi connectivity index (χ1n) is 9.68. The van der Waals surface area contributed by atoms with E-state index in [0.29, 0.717) is 23.6 Å². The summed E-state index contributed by atoms with van der Waals surface area (Å²) in [5.41, 5.74) is 4.08. The average Bonchev–Trinajstić information content (AvgIpc) is 2.71. The summed E-state index contributed by atoms with van der Waals surface area (Å²) < 4.78 is 10.8. The third-order valence-electron chi connectivity index (χ3n) is 5.68. The number of hydrogen-bond acceptors (Lipinski definition) is 4. The van der Waals surface area contributed by atoms with Crippen LogP contribution in [0.2, 0.25) is 0 Å². The van der Waals surface area contributed by atoms with E-state index < -0.39 is 0 Å². The third-order valence-corrected chi connectivity index (χ3v) is 5.68. The first-order valence-corrected chi connectivity index (χ1v) is 9.68. The maximum absolute atomic E-state index is 12.8. The number of nitrogens with one attached hydrogen (secondary N) is 1. The molecule has 2 aromatic rings. The number of amides is 1. The lowest BCUT2D eigenvalue weighted by Gasteiger charge is -2.41. The van der Waals surface area contributed by atoms with Gasteiger partial charge in [0, 0.05) is 36.3 Å². The molecule has 0 spiro atoms. The Hall–Kier alpha value is -2.53. The van der Waals surface area contributed by atoms with Gasteiger partial charge in [-0.05, 0) is 50.5 Å². The maximum atomic E-state index is 12.8. The number of methoxy groups -OCH3 is 2. The Morgan fingerprint density at radius 2 is 1.71 bits per heavy atom. The lowest BCUT2D eigenvalue weighted by Crippen LogP contribution is -2.53. The third kappa shape index (κ3) is 4.14. The monoisotopic (exact) mass is 382 g/mol. The normalized spacial score (nSPS) is 14.3. The van der Waals surface area contributed by atoms with Gasteiger partial charge in [-0.15, -0.1) is 0 Å². The Labute approximate surface area is 167 Å². The largest absolute Gasteiger partial charge is 0.496 e. The van der Waals surface area contributed by atoms with Crippen molar-refractivity contribution in [1.82, 2.24) is 10.2 Å². The molecule has 0 unspecified atom stereocenters. The minimum Gasteiger partial charge on any atom is -0.496 e. The Bertz CT molecular complexity index is 836. The van der Waals surface area contributed by atoms with E-state index in [1.807, 2.05) is 6.92 Å². The molecule has 1 amide bonds. The van der Waals surface area contributed by atoms with Crippen LogP contribution in [0.5, 0.6) is 11.5 Å². The summed E-state index contributed by atoms with van der Waals surface area (Å²) in [5, 5.41) is 3.09. The number of carbonyl (C=O) groups excluding carboxylic acids is 1. The molecule has 0 radical (unpaired) electrons. The van der Waals surface area contributed by atoms with Crippen LogP contribution < -0.4 is 14.8 Å². The van der Waals surface area contributed by atoms with E-state index >= 15 is 0 Å². The smallest absolute Gasteiger partial charge is 0.251 e. The predicted octanol–water partition coefficient (Wildman–Crippen LogP) is 3.58. The molecule has 0 atom stereocenters. The Balaban J connectivity index is 1.69. The second-order valence-corrected chi connectivity index (χ2v) is 7.94. The van der Waals surface area contributed by atoms with Crippen molar-refractivity contribution >= 4 is 5.91 Å². The molecule has 1 heterocycles. The van der Waals surface area contributed by atoms with Gasteiger partial charge in [-0.2, -0.15) is 0 Å². The molecule has 0 saturated heterocycles. The van der Waals surface area contributed by atoms with E-state index in [2.05, 4.69) is 48.3 Å².